The number of hydrogen-bond acceptors (Lipinski definition) is 4. The first kappa shape index (κ1) is 14.1. The highest BCUT2D eigenvalue weighted by atomic mass is 16.5. The zero-order valence-corrected chi connectivity index (χ0v) is 11.8. The van der Waals surface area contributed by atoms with E-state index >= 15 is 0 Å². The van der Waals surface area contributed by atoms with Gasteiger partial charge in [0.1, 0.15) is 11.8 Å². The molecule has 5 nitrogen and oxygen atoms in total. The lowest BCUT2D eigenvalue weighted by Gasteiger charge is -2.08. The molecule has 2 rings (SSSR count). The minimum absolute atomic E-state index is 0.561. The van der Waals surface area contributed by atoms with E-state index in [2.05, 4.69) is 16.5 Å². The Balaban J connectivity index is 1.85. The summed E-state index contributed by atoms with van der Waals surface area (Å²) in [4.78, 5) is 0. The van der Waals surface area contributed by atoms with Crippen LogP contribution in [0.5, 0.6) is 5.75 Å². The number of ether oxygens (including phenoxy) is 1. The molecule has 0 fully saturated rings. The molecule has 0 radical (unpaired) electrons. The van der Waals surface area contributed by atoms with Crippen LogP contribution in [0, 0.1) is 11.3 Å². The lowest BCUT2D eigenvalue weighted by Crippen LogP contribution is -2.18. The molecule has 0 unspecified atom stereocenters. The van der Waals surface area contributed by atoms with Crippen molar-refractivity contribution in [3.63, 3.8) is 0 Å². The maximum absolute atomic E-state index is 8.93. The third-order valence-electron chi connectivity index (χ3n) is 3.20. The molecule has 0 atom stereocenters. The van der Waals surface area contributed by atoms with Gasteiger partial charge in [-0.2, -0.15) is 10.4 Å². The quantitative estimate of drug-likeness (QED) is 0.810. The van der Waals surface area contributed by atoms with Gasteiger partial charge in [0, 0.05) is 38.4 Å². The van der Waals surface area contributed by atoms with Crippen molar-refractivity contribution in [1.82, 2.24) is 15.1 Å². The molecule has 5 heteroatoms. The van der Waals surface area contributed by atoms with Crippen molar-refractivity contribution < 1.29 is 4.74 Å². The number of aryl methyl sites for hydroxylation is 1. The molecule has 0 saturated carbocycles. The van der Waals surface area contributed by atoms with Gasteiger partial charge < -0.3 is 10.1 Å². The lowest BCUT2D eigenvalue weighted by atomic mass is 10.1. The fraction of sp³-hybridized carbons (Fsp3) is 0.333. The molecule has 0 spiro atoms. The molecule has 0 aliphatic rings. The van der Waals surface area contributed by atoms with Gasteiger partial charge in [0.05, 0.1) is 12.7 Å². The minimum atomic E-state index is 0.561. The smallest absolute Gasteiger partial charge is 0.136 e. The van der Waals surface area contributed by atoms with Gasteiger partial charge in [0.25, 0.3) is 0 Å². The Kier molecular flexibility index (Phi) is 4.75. The molecular formula is C15H18N4O. The predicted molar refractivity (Wildman–Crippen MR) is 76.3 cm³/mol. The molecule has 0 aliphatic heterocycles. The molecule has 1 heterocycles. The second-order valence-corrected chi connectivity index (χ2v) is 4.52. The first-order chi connectivity index (χ1) is 9.74. The highest BCUT2D eigenvalue weighted by Crippen LogP contribution is 2.19. The number of aromatic nitrogens is 2. The van der Waals surface area contributed by atoms with E-state index in [0.717, 1.165) is 25.1 Å². The van der Waals surface area contributed by atoms with Gasteiger partial charge in [-0.25, -0.2) is 0 Å². The molecule has 1 N–H and O–H groups in total. The Morgan fingerprint density at radius 3 is 2.90 bits per heavy atom. The molecule has 20 heavy (non-hydrogen) atoms. The van der Waals surface area contributed by atoms with Crippen LogP contribution >= 0.6 is 0 Å². The van der Waals surface area contributed by atoms with Crippen molar-refractivity contribution in [1.29, 1.82) is 5.26 Å². The molecule has 0 amide bonds. The monoisotopic (exact) mass is 270 g/mol. The summed E-state index contributed by atoms with van der Waals surface area (Å²) in [6.07, 6.45) is 2.74. The van der Waals surface area contributed by atoms with E-state index in [0.29, 0.717) is 11.3 Å². The van der Waals surface area contributed by atoms with Crippen molar-refractivity contribution >= 4 is 0 Å². The highest BCUT2D eigenvalue weighted by molar-refractivity contribution is 5.45. The summed E-state index contributed by atoms with van der Waals surface area (Å²) in [6.45, 7) is 1.63. The third kappa shape index (κ3) is 3.37. The summed E-state index contributed by atoms with van der Waals surface area (Å²) < 4.78 is 7.08. The van der Waals surface area contributed by atoms with Crippen LogP contribution < -0.4 is 10.1 Å². The topological polar surface area (TPSA) is 62.9 Å². The molecule has 1 aromatic heterocycles. The van der Waals surface area contributed by atoms with Crippen molar-refractivity contribution in [2.75, 3.05) is 13.7 Å². The lowest BCUT2D eigenvalue weighted by molar-refractivity contribution is 0.412. The maximum atomic E-state index is 8.93. The number of rotatable bonds is 6. The Morgan fingerprint density at radius 2 is 2.25 bits per heavy atom. The van der Waals surface area contributed by atoms with Crippen LogP contribution in [0.1, 0.15) is 16.8 Å². The average Bonchev–Trinajstić information content (AvgIpc) is 2.88. The van der Waals surface area contributed by atoms with Gasteiger partial charge >= 0.3 is 0 Å². The fourth-order valence-electron chi connectivity index (χ4n) is 2.03. The standard InChI is InChI=1S/C15H18N4O/c1-19-14(6-8-18-19)5-7-17-11-12-3-4-13(10-16)15(9-12)20-2/h3-4,6,8-9,17H,5,7,11H2,1-2H3. The predicted octanol–water partition coefficient (Wildman–Crippen LogP) is 1.63. The summed E-state index contributed by atoms with van der Waals surface area (Å²) in [7, 11) is 3.52. The molecule has 0 saturated heterocycles. The minimum Gasteiger partial charge on any atom is -0.495 e. The average molecular weight is 270 g/mol. The summed E-state index contributed by atoms with van der Waals surface area (Å²) in [5.41, 5.74) is 2.87. The van der Waals surface area contributed by atoms with Crippen LogP contribution in [0.15, 0.2) is 30.5 Å². The van der Waals surface area contributed by atoms with E-state index in [1.165, 1.54) is 5.69 Å². The number of methoxy groups -OCH3 is 1. The highest BCUT2D eigenvalue weighted by Gasteiger charge is 2.03. The van der Waals surface area contributed by atoms with Gasteiger partial charge in [-0.05, 0) is 23.8 Å². The van der Waals surface area contributed by atoms with E-state index in [9.17, 15) is 0 Å². The van der Waals surface area contributed by atoms with E-state index in [4.69, 9.17) is 10.00 Å². The zero-order chi connectivity index (χ0) is 14.4. The van der Waals surface area contributed by atoms with Gasteiger partial charge in [0.15, 0.2) is 0 Å². The number of nitrogens with one attached hydrogen (secondary N) is 1. The second-order valence-electron chi connectivity index (χ2n) is 4.52. The van der Waals surface area contributed by atoms with Gasteiger partial charge in [0.2, 0.25) is 0 Å². The summed E-state index contributed by atoms with van der Waals surface area (Å²) in [5.74, 6) is 0.624. The molecule has 2 aromatic rings. The van der Waals surface area contributed by atoms with Crippen LogP contribution in [0.4, 0.5) is 0 Å². The van der Waals surface area contributed by atoms with Crippen LogP contribution in [-0.4, -0.2) is 23.4 Å². The maximum Gasteiger partial charge on any atom is 0.136 e. The fourth-order valence-corrected chi connectivity index (χ4v) is 2.03. The number of nitrogens with zero attached hydrogens (tertiary/aromatic N) is 3. The van der Waals surface area contributed by atoms with Crippen molar-refractivity contribution in [3.05, 3.63) is 47.3 Å². The zero-order valence-electron chi connectivity index (χ0n) is 11.8. The Morgan fingerprint density at radius 1 is 1.40 bits per heavy atom. The van der Waals surface area contributed by atoms with Crippen LogP contribution in [0.25, 0.3) is 0 Å². The van der Waals surface area contributed by atoms with Gasteiger partial charge in [-0.3, -0.25) is 4.68 Å². The van der Waals surface area contributed by atoms with E-state index < -0.39 is 0 Å². The number of hydrogen-bond donors (Lipinski definition) is 1. The van der Waals surface area contributed by atoms with Crippen LogP contribution in [0.3, 0.4) is 0 Å². The largest absolute Gasteiger partial charge is 0.495 e. The van der Waals surface area contributed by atoms with Crippen molar-refractivity contribution in [2.45, 2.75) is 13.0 Å². The summed E-state index contributed by atoms with van der Waals surface area (Å²) in [6, 6.07) is 9.76. The molecular weight excluding hydrogens is 252 g/mol. The SMILES string of the molecule is COc1cc(CNCCc2ccnn2C)ccc1C#N. The van der Waals surface area contributed by atoms with Crippen LogP contribution in [0.2, 0.25) is 0 Å². The van der Waals surface area contributed by atoms with E-state index in [1.807, 2.05) is 29.9 Å². The Hall–Kier alpha value is -2.32. The third-order valence-corrected chi connectivity index (χ3v) is 3.20. The van der Waals surface area contributed by atoms with Gasteiger partial charge in [-0.1, -0.05) is 6.07 Å². The first-order valence-corrected chi connectivity index (χ1v) is 6.49. The second kappa shape index (κ2) is 6.73. The molecule has 0 bridgehead atoms. The van der Waals surface area contributed by atoms with Crippen molar-refractivity contribution in [3.8, 4) is 11.8 Å². The number of nitriles is 1. The van der Waals surface area contributed by atoms with E-state index in [-0.39, 0.29) is 0 Å². The normalized spacial score (nSPS) is 10.2. The number of benzene rings is 1. The van der Waals surface area contributed by atoms with Crippen LogP contribution in [-0.2, 0) is 20.0 Å². The van der Waals surface area contributed by atoms with Crippen molar-refractivity contribution in [2.24, 2.45) is 7.05 Å². The summed E-state index contributed by atoms with van der Waals surface area (Å²) >= 11 is 0. The molecule has 0 aliphatic carbocycles. The molecule has 104 valence electrons. The Bertz CT molecular complexity index is 613. The van der Waals surface area contributed by atoms with Gasteiger partial charge in [-0.15, -0.1) is 0 Å². The first-order valence-electron chi connectivity index (χ1n) is 6.49. The van der Waals surface area contributed by atoms with E-state index in [1.54, 1.807) is 19.4 Å². The molecule has 1 aromatic carbocycles. The Labute approximate surface area is 118 Å². The summed E-state index contributed by atoms with van der Waals surface area (Å²) in [5, 5.41) is 16.4.